The molecular formula is C13H19N3OS. The van der Waals surface area contributed by atoms with E-state index in [0.717, 1.165) is 11.3 Å². The first-order chi connectivity index (χ1) is 8.45. The van der Waals surface area contributed by atoms with Gasteiger partial charge in [0.2, 0.25) is 5.91 Å². The lowest BCUT2D eigenvalue weighted by molar-refractivity contribution is -0.128. The van der Waals surface area contributed by atoms with Gasteiger partial charge in [-0.15, -0.1) is 0 Å². The minimum absolute atomic E-state index is 0.0958. The molecule has 0 aliphatic carbocycles. The molecule has 0 atom stereocenters. The standard InChI is InChI=1S/C13H19N3OS/c1-4-15(2)12(17)9-16(3)11-7-5-10(6-8-11)13(14)18/h5-8H,4,9H2,1-3H3,(H2,14,18). The molecule has 0 saturated heterocycles. The van der Waals surface area contributed by atoms with Crippen LogP contribution in [0.5, 0.6) is 0 Å². The van der Waals surface area contributed by atoms with E-state index in [-0.39, 0.29) is 5.91 Å². The molecule has 0 heterocycles. The van der Waals surface area contributed by atoms with Crippen molar-refractivity contribution in [3.8, 4) is 0 Å². The number of carbonyl (C=O) groups is 1. The highest BCUT2D eigenvalue weighted by molar-refractivity contribution is 7.80. The van der Waals surface area contributed by atoms with Crippen molar-refractivity contribution in [1.82, 2.24) is 4.90 Å². The summed E-state index contributed by atoms with van der Waals surface area (Å²) in [6, 6.07) is 7.55. The SMILES string of the molecule is CCN(C)C(=O)CN(C)c1ccc(C(N)=S)cc1. The second-order valence-corrected chi connectivity index (χ2v) is 4.61. The predicted molar refractivity (Wildman–Crippen MR) is 78.9 cm³/mol. The molecule has 4 nitrogen and oxygen atoms in total. The highest BCUT2D eigenvalue weighted by Crippen LogP contribution is 2.13. The first-order valence-electron chi connectivity index (χ1n) is 5.80. The van der Waals surface area contributed by atoms with Crippen molar-refractivity contribution in [2.45, 2.75) is 6.92 Å². The van der Waals surface area contributed by atoms with E-state index in [1.54, 1.807) is 11.9 Å². The lowest BCUT2D eigenvalue weighted by Crippen LogP contribution is -2.36. The van der Waals surface area contributed by atoms with Gasteiger partial charge in [0.05, 0.1) is 6.54 Å². The molecule has 18 heavy (non-hydrogen) atoms. The fraction of sp³-hybridized carbons (Fsp3) is 0.385. The number of nitrogens with zero attached hydrogens (tertiary/aromatic N) is 2. The number of anilines is 1. The number of amides is 1. The zero-order valence-electron chi connectivity index (χ0n) is 11.0. The number of thiocarbonyl (C=S) groups is 1. The predicted octanol–water partition coefficient (Wildman–Crippen LogP) is 1.24. The fourth-order valence-electron chi connectivity index (χ4n) is 1.47. The summed E-state index contributed by atoms with van der Waals surface area (Å²) >= 11 is 4.89. The van der Waals surface area contributed by atoms with Gasteiger partial charge in [0.15, 0.2) is 0 Å². The molecule has 1 aromatic rings. The van der Waals surface area contributed by atoms with Gasteiger partial charge < -0.3 is 15.5 Å². The third-order valence-electron chi connectivity index (χ3n) is 2.87. The van der Waals surface area contributed by atoms with Gasteiger partial charge in [0, 0.05) is 31.9 Å². The Kier molecular flexibility index (Phi) is 5.09. The molecule has 98 valence electrons. The molecule has 0 radical (unpaired) electrons. The van der Waals surface area contributed by atoms with E-state index in [4.69, 9.17) is 18.0 Å². The van der Waals surface area contributed by atoms with Gasteiger partial charge in [-0.25, -0.2) is 0 Å². The molecule has 2 N–H and O–H groups in total. The van der Waals surface area contributed by atoms with Crippen molar-refractivity contribution >= 4 is 28.8 Å². The average Bonchev–Trinajstić information content (AvgIpc) is 2.37. The summed E-state index contributed by atoms with van der Waals surface area (Å²) in [5.41, 5.74) is 7.33. The van der Waals surface area contributed by atoms with Crippen LogP contribution in [0.25, 0.3) is 0 Å². The van der Waals surface area contributed by atoms with Crippen LogP contribution in [0.15, 0.2) is 24.3 Å². The Morgan fingerprint density at radius 2 is 1.83 bits per heavy atom. The van der Waals surface area contributed by atoms with E-state index < -0.39 is 0 Å². The summed E-state index contributed by atoms with van der Waals surface area (Å²) in [5.74, 6) is 0.0958. The van der Waals surface area contributed by atoms with E-state index in [1.165, 1.54) is 0 Å². The van der Waals surface area contributed by atoms with Crippen LogP contribution in [0, 0.1) is 0 Å². The van der Waals surface area contributed by atoms with Crippen LogP contribution in [0.3, 0.4) is 0 Å². The van der Waals surface area contributed by atoms with Gasteiger partial charge in [-0.1, -0.05) is 12.2 Å². The Morgan fingerprint density at radius 3 is 2.28 bits per heavy atom. The number of likely N-dealkylation sites (N-methyl/N-ethyl adjacent to an activating group) is 2. The largest absolute Gasteiger partial charge is 0.389 e. The molecular weight excluding hydrogens is 246 g/mol. The van der Waals surface area contributed by atoms with Crippen LogP contribution in [-0.2, 0) is 4.79 Å². The molecule has 1 aromatic carbocycles. The first-order valence-corrected chi connectivity index (χ1v) is 6.21. The Balaban J connectivity index is 2.70. The smallest absolute Gasteiger partial charge is 0.241 e. The molecule has 0 aliphatic heterocycles. The topological polar surface area (TPSA) is 49.6 Å². The number of carbonyl (C=O) groups excluding carboxylic acids is 1. The van der Waals surface area contributed by atoms with E-state index in [9.17, 15) is 4.79 Å². The normalized spacial score (nSPS) is 9.94. The highest BCUT2D eigenvalue weighted by atomic mass is 32.1. The van der Waals surface area contributed by atoms with Crippen molar-refractivity contribution in [2.75, 3.05) is 32.1 Å². The monoisotopic (exact) mass is 265 g/mol. The lowest BCUT2D eigenvalue weighted by Gasteiger charge is -2.22. The minimum atomic E-state index is 0.0958. The number of rotatable bonds is 5. The van der Waals surface area contributed by atoms with Gasteiger partial charge in [0.1, 0.15) is 4.99 Å². The van der Waals surface area contributed by atoms with Crippen LogP contribution in [0.2, 0.25) is 0 Å². The quantitative estimate of drug-likeness (QED) is 0.814. The molecule has 1 amide bonds. The molecule has 0 spiro atoms. The number of hydrogen-bond acceptors (Lipinski definition) is 3. The summed E-state index contributed by atoms with van der Waals surface area (Å²) in [6.07, 6.45) is 0. The lowest BCUT2D eigenvalue weighted by atomic mass is 10.2. The van der Waals surface area contributed by atoms with Crippen LogP contribution in [0.1, 0.15) is 12.5 Å². The number of hydrogen-bond donors (Lipinski definition) is 1. The van der Waals surface area contributed by atoms with Gasteiger partial charge >= 0.3 is 0 Å². The highest BCUT2D eigenvalue weighted by Gasteiger charge is 2.10. The van der Waals surface area contributed by atoms with Gasteiger partial charge in [-0.05, 0) is 31.2 Å². The third kappa shape index (κ3) is 3.70. The number of nitrogens with two attached hydrogens (primary N) is 1. The fourth-order valence-corrected chi connectivity index (χ4v) is 1.61. The molecule has 1 rings (SSSR count). The molecule has 0 unspecified atom stereocenters. The van der Waals surface area contributed by atoms with Crippen LogP contribution in [-0.4, -0.2) is 43.0 Å². The Bertz CT molecular complexity index is 430. The van der Waals surface area contributed by atoms with E-state index in [0.29, 0.717) is 18.1 Å². The van der Waals surface area contributed by atoms with Crippen molar-refractivity contribution in [3.63, 3.8) is 0 Å². The Labute approximate surface area is 113 Å². The van der Waals surface area contributed by atoms with Crippen LogP contribution < -0.4 is 10.6 Å². The van der Waals surface area contributed by atoms with Gasteiger partial charge in [-0.3, -0.25) is 4.79 Å². The summed E-state index contributed by atoms with van der Waals surface area (Å²) in [7, 11) is 3.68. The summed E-state index contributed by atoms with van der Waals surface area (Å²) in [6.45, 7) is 3.03. The molecule has 0 bridgehead atoms. The molecule has 0 saturated carbocycles. The Morgan fingerprint density at radius 1 is 1.28 bits per heavy atom. The van der Waals surface area contributed by atoms with E-state index in [1.807, 2.05) is 43.1 Å². The van der Waals surface area contributed by atoms with Gasteiger partial charge in [-0.2, -0.15) is 0 Å². The zero-order valence-corrected chi connectivity index (χ0v) is 11.8. The van der Waals surface area contributed by atoms with Crippen molar-refractivity contribution < 1.29 is 4.79 Å². The maximum Gasteiger partial charge on any atom is 0.241 e. The summed E-state index contributed by atoms with van der Waals surface area (Å²) < 4.78 is 0. The van der Waals surface area contributed by atoms with E-state index in [2.05, 4.69) is 0 Å². The summed E-state index contributed by atoms with van der Waals surface area (Å²) in [4.78, 5) is 15.8. The van der Waals surface area contributed by atoms with Crippen LogP contribution in [0.4, 0.5) is 5.69 Å². The molecule has 0 fully saturated rings. The second-order valence-electron chi connectivity index (χ2n) is 4.18. The zero-order chi connectivity index (χ0) is 13.7. The maximum absolute atomic E-state index is 11.8. The maximum atomic E-state index is 11.8. The first kappa shape index (κ1) is 14.4. The van der Waals surface area contributed by atoms with Crippen molar-refractivity contribution in [1.29, 1.82) is 0 Å². The summed E-state index contributed by atoms with van der Waals surface area (Å²) in [5, 5.41) is 0. The number of benzene rings is 1. The van der Waals surface area contributed by atoms with Crippen molar-refractivity contribution in [2.24, 2.45) is 5.73 Å². The Hall–Kier alpha value is -1.62. The van der Waals surface area contributed by atoms with Crippen molar-refractivity contribution in [3.05, 3.63) is 29.8 Å². The third-order valence-corrected chi connectivity index (χ3v) is 3.10. The molecule has 0 aromatic heterocycles. The van der Waals surface area contributed by atoms with Gasteiger partial charge in [0.25, 0.3) is 0 Å². The minimum Gasteiger partial charge on any atom is -0.389 e. The van der Waals surface area contributed by atoms with E-state index >= 15 is 0 Å². The molecule has 5 heteroatoms. The van der Waals surface area contributed by atoms with Crippen LogP contribution >= 0.6 is 12.2 Å². The molecule has 0 aliphatic rings. The second kappa shape index (κ2) is 6.35. The average molecular weight is 265 g/mol.